The van der Waals surface area contributed by atoms with Gasteiger partial charge in [0, 0.05) is 17.1 Å². The van der Waals surface area contributed by atoms with Crippen molar-refractivity contribution in [2.45, 2.75) is 0 Å². The SMILES string of the molecule is O=C(c1ccc(O)cc1)c1nccs1. The Morgan fingerprint density at radius 1 is 1.29 bits per heavy atom. The molecule has 0 aliphatic heterocycles. The van der Waals surface area contributed by atoms with Gasteiger partial charge in [0.2, 0.25) is 5.78 Å². The minimum absolute atomic E-state index is 0.111. The highest BCUT2D eigenvalue weighted by Crippen LogP contribution is 2.15. The molecule has 0 saturated carbocycles. The zero-order valence-electron chi connectivity index (χ0n) is 7.18. The molecule has 0 aliphatic carbocycles. The Labute approximate surface area is 84.7 Å². The van der Waals surface area contributed by atoms with Gasteiger partial charge < -0.3 is 5.11 Å². The van der Waals surface area contributed by atoms with Crippen LogP contribution in [0, 0.1) is 0 Å². The molecule has 0 saturated heterocycles. The van der Waals surface area contributed by atoms with Gasteiger partial charge in [-0.05, 0) is 24.3 Å². The molecule has 14 heavy (non-hydrogen) atoms. The van der Waals surface area contributed by atoms with Crippen LogP contribution in [0.2, 0.25) is 0 Å². The second-order valence-corrected chi connectivity index (χ2v) is 3.61. The molecule has 1 aromatic carbocycles. The molecule has 0 spiro atoms. The highest BCUT2D eigenvalue weighted by Gasteiger charge is 2.10. The first-order valence-electron chi connectivity index (χ1n) is 4.00. The summed E-state index contributed by atoms with van der Waals surface area (Å²) in [4.78, 5) is 15.6. The normalized spacial score (nSPS) is 10.0. The van der Waals surface area contributed by atoms with Crippen LogP contribution in [0.25, 0.3) is 0 Å². The predicted molar refractivity (Wildman–Crippen MR) is 53.7 cm³/mol. The molecule has 1 heterocycles. The van der Waals surface area contributed by atoms with Crippen LogP contribution in [-0.4, -0.2) is 15.9 Å². The summed E-state index contributed by atoms with van der Waals surface area (Å²) >= 11 is 1.31. The highest BCUT2D eigenvalue weighted by atomic mass is 32.1. The fraction of sp³-hybridized carbons (Fsp3) is 0. The van der Waals surface area contributed by atoms with Crippen LogP contribution in [0.5, 0.6) is 5.75 Å². The lowest BCUT2D eigenvalue weighted by molar-refractivity contribution is 0.103. The first kappa shape index (κ1) is 8.90. The molecule has 2 aromatic rings. The molecule has 0 fully saturated rings. The van der Waals surface area contributed by atoms with Crippen molar-refractivity contribution in [2.75, 3.05) is 0 Å². The first-order chi connectivity index (χ1) is 6.77. The van der Waals surface area contributed by atoms with Crippen molar-refractivity contribution in [1.82, 2.24) is 4.98 Å². The number of ketones is 1. The van der Waals surface area contributed by atoms with Crippen LogP contribution in [0.3, 0.4) is 0 Å². The first-order valence-corrected chi connectivity index (χ1v) is 4.88. The van der Waals surface area contributed by atoms with Gasteiger partial charge in [0.05, 0.1) is 0 Å². The van der Waals surface area contributed by atoms with Gasteiger partial charge in [-0.2, -0.15) is 0 Å². The molecule has 0 radical (unpaired) electrons. The van der Waals surface area contributed by atoms with E-state index in [0.717, 1.165) is 0 Å². The number of aromatic nitrogens is 1. The third-order valence-corrected chi connectivity index (χ3v) is 2.53. The number of phenolic OH excluding ortho intramolecular Hbond substituents is 1. The Kier molecular flexibility index (Phi) is 2.28. The standard InChI is InChI=1S/C10H7NO2S/c12-8-3-1-7(2-4-8)9(13)10-11-5-6-14-10/h1-6,12H. The largest absolute Gasteiger partial charge is 0.508 e. The monoisotopic (exact) mass is 205 g/mol. The van der Waals surface area contributed by atoms with E-state index in [4.69, 9.17) is 5.11 Å². The quantitative estimate of drug-likeness (QED) is 0.763. The van der Waals surface area contributed by atoms with E-state index in [1.165, 1.54) is 23.5 Å². The van der Waals surface area contributed by atoms with E-state index in [9.17, 15) is 4.79 Å². The zero-order valence-corrected chi connectivity index (χ0v) is 7.99. The molecule has 3 nitrogen and oxygen atoms in total. The average molecular weight is 205 g/mol. The van der Waals surface area contributed by atoms with Crippen LogP contribution in [0.15, 0.2) is 35.8 Å². The van der Waals surface area contributed by atoms with Crippen LogP contribution in [0.4, 0.5) is 0 Å². The number of thiazole rings is 1. The van der Waals surface area contributed by atoms with Crippen molar-refractivity contribution in [1.29, 1.82) is 0 Å². The van der Waals surface area contributed by atoms with Crippen molar-refractivity contribution < 1.29 is 9.90 Å². The highest BCUT2D eigenvalue weighted by molar-refractivity contribution is 7.11. The van der Waals surface area contributed by atoms with E-state index in [-0.39, 0.29) is 11.5 Å². The van der Waals surface area contributed by atoms with Crippen LogP contribution >= 0.6 is 11.3 Å². The average Bonchev–Trinajstić information content (AvgIpc) is 2.71. The summed E-state index contributed by atoms with van der Waals surface area (Å²) in [7, 11) is 0. The number of aromatic hydroxyl groups is 1. The summed E-state index contributed by atoms with van der Waals surface area (Å²) in [5.74, 6) is 0.0423. The third-order valence-electron chi connectivity index (χ3n) is 1.76. The summed E-state index contributed by atoms with van der Waals surface area (Å²) in [6, 6.07) is 6.14. The van der Waals surface area contributed by atoms with E-state index in [0.29, 0.717) is 10.6 Å². The van der Waals surface area contributed by atoms with Crippen LogP contribution < -0.4 is 0 Å². The molecular formula is C10H7NO2S. The fourth-order valence-corrected chi connectivity index (χ4v) is 1.67. The number of phenols is 1. The number of hydrogen-bond donors (Lipinski definition) is 1. The summed E-state index contributed by atoms with van der Waals surface area (Å²) in [6.07, 6.45) is 1.60. The maximum absolute atomic E-state index is 11.7. The van der Waals surface area contributed by atoms with E-state index < -0.39 is 0 Å². The number of benzene rings is 1. The number of hydrogen-bond acceptors (Lipinski definition) is 4. The Morgan fingerprint density at radius 2 is 2.00 bits per heavy atom. The van der Waals surface area contributed by atoms with Gasteiger partial charge in [0.1, 0.15) is 5.75 Å². The Balaban J connectivity index is 2.33. The maximum Gasteiger partial charge on any atom is 0.221 e. The molecule has 1 N–H and O–H groups in total. The lowest BCUT2D eigenvalue weighted by Gasteiger charge is -1.96. The summed E-state index contributed by atoms with van der Waals surface area (Å²) in [5, 5.41) is 11.3. The predicted octanol–water partition coefficient (Wildman–Crippen LogP) is 2.08. The molecule has 2 rings (SSSR count). The van der Waals surface area contributed by atoms with Gasteiger partial charge in [-0.3, -0.25) is 4.79 Å². The van der Waals surface area contributed by atoms with Crippen LogP contribution in [0.1, 0.15) is 15.4 Å². The second-order valence-electron chi connectivity index (χ2n) is 2.71. The minimum atomic E-state index is -0.111. The topological polar surface area (TPSA) is 50.2 Å². The smallest absolute Gasteiger partial charge is 0.221 e. The van der Waals surface area contributed by atoms with Crippen molar-refractivity contribution >= 4 is 17.1 Å². The van der Waals surface area contributed by atoms with Crippen molar-refractivity contribution in [3.8, 4) is 5.75 Å². The van der Waals surface area contributed by atoms with E-state index in [1.54, 1.807) is 23.7 Å². The fourth-order valence-electron chi connectivity index (χ4n) is 1.07. The lowest BCUT2D eigenvalue weighted by Crippen LogP contribution is -1.99. The summed E-state index contributed by atoms with van der Waals surface area (Å²) in [6.45, 7) is 0. The Morgan fingerprint density at radius 3 is 2.57 bits per heavy atom. The second kappa shape index (κ2) is 3.59. The van der Waals surface area contributed by atoms with Crippen molar-refractivity contribution in [2.24, 2.45) is 0 Å². The lowest BCUT2D eigenvalue weighted by atomic mass is 10.1. The van der Waals surface area contributed by atoms with E-state index in [1.807, 2.05) is 0 Å². The molecule has 70 valence electrons. The van der Waals surface area contributed by atoms with E-state index in [2.05, 4.69) is 4.98 Å². The molecular weight excluding hydrogens is 198 g/mol. The third kappa shape index (κ3) is 1.65. The zero-order chi connectivity index (χ0) is 9.97. The molecule has 0 aliphatic rings. The molecule has 4 heteroatoms. The minimum Gasteiger partial charge on any atom is -0.508 e. The van der Waals surface area contributed by atoms with Crippen molar-refractivity contribution in [3.05, 3.63) is 46.4 Å². The van der Waals surface area contributed by atoms with Gasteiger partial charge in [-0.1, -0.05) is 0 Å². The van der Waals surface area contributed by atoms with Gasteiger partial charge in [-0.15, -0.1) is 11.3 Å². The molecule has 0 unspecified atom stereocenters. The van der Waals surface area contributed by atoms with Gasteiger partial charge in [-0.25, -0.2) is 4.98 Å². The van der Waals surface area contributed by atoms with Crippen LogP contribution in [-0.2, 0) is 0 Å². The van der Waals surface area contributed by atoms with Gasteiger partial charge in [0.25, 0.3) is 0 Å². The van der Waals surface area contributed by atoms with Crippen molar-refractivity contribution in [3.63, 3.8) is 0 Å². The number of nitrogens with zero attached hydrogens (tertiary/aromatic N) is 1. The number of rotatable bonds is 2. The van der Waals surface area contributed by atoms with E-state index >= 15 is 0 Å². The Bertz CT molecular complexity index is 434. The number of carbonyl (C=O) groups is 1. The summed E-state index contributed by atoms with van der Waals surface area (Å²) in [5.41, 5.74) is 0.540. The maximum atomic E-state index is 11.7. The van der Waals surface area contributed by atoms with Gasteiger partial charge >= 0.3 is 0 Å². The number of carbonyl (C=O) groups excluding carboxylic acids is 1. The van der Waals surface area contributed by atoms with Gasteiger partial charge in [0.15, 0.2) is 5.01 Å². The molecule has 0 amide bonds. The summed E-state index contributed by atoms with van der Waals surface area (Å²) < 4.78 is 0. The molecule has 0 bridgehead atoms. The molecule has 1 aromatic heterocycles. The Hall–Kier alpha value is -1.68. The molecule has 0 atom stereocenters.